The molecule has 134 valence electrons. The number of hydrogen-bond donors (Lipinski definition) is 3. The van der Waals surface area contributed by atoms with E-state index in [9.17, 15) is 18.0 Å². The van der Waals surface area contributed by atoms with Crippen LogP contribution in [-0.4, -0.2) is 35.2 Å². The molecule has 2 aromatic rings. The van der Waals surface area contributed by atoms with E-state index in [-0.39, 0.29) is 6.54 Å². The van der Waals surface area contributed by atoms with E-state index in [1.807, 2.05) is 6.07 Å². The van der Waals surface area contributed by atoms with E-state index in [2.05, 4.69) is 26.0 Å². The predicted octanol–water partition coefficient (Wildman–Crippen LogP) is 1.14. The quantitative estimate of drug-likeness (QED) is 0.427. The lowest BCUT2D eigenvalue weighted by Crippen LogP contribution is -2.41. The molecule has 10 heteroatoms. The average Bonchev–Trinajstić information content (AvgIpc) is 3.00. The second-order valence-corrected chi connectivity index (χ2v) is 5.00. The summed E-state index contributed by atoms with van der Waals surface area (Å²) in [4.78, 5) is 15.8. The Balaban J connectivity index is 1.86. The monoisotopic (exact) mass is 354 g/mol. The number of aromatic nitrogens is 2. The van der Waals surface area contributed by atoms with Crippen molar-refractivity contribution in [1.29, 1.82) is 0 Å². The number of halogens is 3. The van der Waals surface area contributed by atoms with Crippen LogP contribution in [0.25, 0.3) is 0 Å². The Morgan fingerprint density at radius 1 is 1.20 bits per heavy atom. The second kappa shape index (κ2) is 8.18. The van der Waals surface area contributed by atoms with E-state index in [0.717, 1.165) is 17.8 Å². The van der Waals surface area contributed by atoms with Crippen molar-refractivity contribution >= 4 is 17.6 Å². The minimum Gasteiger partial charge on any atom is -0.351 e. The zero-order chi connectivity index (χ0) is 18.4. The molecule has 0 saturated carbocycles. The van der Waals surface area contributed by atoms with Gasteiger partial charge in [0, 0.05) is 20.3 Å². The maximum absolute atomic E-state index is 13.5. The Morgan fingerprint density at radius 2 is 1.96 bits per heavy atom. The fourth-order valence-corrected chi connectivity index (χ4v) is 1.95. The minimum atomic E-state index is -1.64. The van der Waals surface area contributed by atoms with Gasteiger partial charge in [-0.05, 0) is 18.2 Å². The van der Waals surface area contributed by atoms with Crippen LogP contribution in [0.3, 0.4) is 0 Å². The molecule has 0 radical (unpaired) electrons. The van der Waals surface area contributed by atoms with Gasteiger partial charge in [0.1, 0.15) is 0 Å². The van der Waals surface area contributed by atoms with Gasteiger partial charge < -0.3 is 16.0 Å². The molecule has 0 spiro atoms. The first kappa shape index (κ1) is 18.3. The highest BCUT2D eigenvalue weighted by Crippen LogP contribution is 2.19. The SMILES string of the molecule is CN=C(NCC(=O)Nc1ccc(F)c(F)c1F)NCc1ccnn1C. The van der Waals surface area contributed by atoms with Crippen molar-refractivity contribution in [3.8, 4) is 0 Å². The standard InChI is InChI=1S/C15H17F3N6O/c1-19-15(20-7-9-5-6-22-24(9)2)21-8-12(25)23-11-4-3-10(16)13(17)14(11)18/h3-6H,7-8H2,1-2H3,(H,23,25)(H2,19,20,21). The lowest BCUT2D eigenvalue weighted by atomic mass is 10.2. The number of rotatable bonds is 5. The number of aliphatic imine (C=N–C) groups is 1. The Morgan fingerprint density at radius 3 is 2.60 bits per heavy atom. The number of benzene rings is 1. The number of nitrogens with one attached hydrogen (secondary N) is 3. The third-order valence-corrected chi connectivity index (χ3v) is 3.31. The molecule has 0 aliphatic rings. The van der Waals surface area contributed by atoms with Crippen molar-refractivity contribution in [1.82, 2.24) is 20.4 Å². The largest absolute Gasteiger partial charge is 0.351 e. The normalized spacial score (nSPS) is 11.3. The fraction of sp³-hybridized carbons (Fsp3) is 0.267. The fourth-order valence-electron chi connectivity index (χ4n) is 1.95. The van der Waals surface area contributed by atoms with Crippen LogP contribution in [0.5, 0.6) is 0 Å². The number of hydrogen-bond acceptors (Lipinski definition) is 3. The molecule has 0 bridgehead atoms. The molecule has 0 aliphatic carbocycles. The van der Waals surface area contributed by atoms with Gasteiger partial charge >= 0.3 is 0 Å². The molecule has 25 heavy (non-hydrogen) atoms. The number of guanidine groups is 1. The lowest BCUT2D eigenvalue weighted by molar-refractivity contribution is -0.115. The smallest absolute Gasteiger partial charge is 0.243 e. The van der Waals surface area contributed by atoms with Gasteiger partial charge in [0.05, 0.1) is 24.5 Å². The molecule has 0 aliphatic heterocycles. The first-order valence-corrected chi connectivity index (χ1v) is 7.27. The van der Waals surface area contributed by atoms with E-state index >= 15 is 0 Å². The third-order valence-electron chi connectivity index (χ3n) is 3.31. The Hall–Kier alpha value is -3.04. The van der Waals surface area contributed by atoms with Crippen LogP contribution in [0.1, 0.15) is 5.69 Å². The van der Waals surface area contributed by atoms with Crippen molar-refractivity contribution in [3.63, 3.8) is 0 Å². The van der Waals surface area contributed by atoms with E-state index in [4.69, 9.17) is 0 Å². The summed E-state index contributed by atoms with van der Waals surface area (Å²) in [6, 6.07) is 3.50. The molecule has 1 aromatic heterocycles. The van der Waals surface area contributed by atoms with Crippen molar-refractivity contribution in [3.05, 3.63) is 47.5 Å². The van der Waals surface area contributed by atoms with Crippen LogP contribution in [0, 0.1) is 17.5 Å². The minimum absolute atomic E-state index is 0.247. The van der Waals surface area contributed by atoms with Crippen LogP contribution in [0.4, 0.5) is 18.9 Å². The summed E-state index contributed by atoms with van der Waals surface area (Å²) in [5.74, 6) is -4.73. The zero-order valence-corrected chi connectivity index (χ0v) is 13.6. The number of anilines is 1. The number of carbonyl (C=O) groups is 1. The Labute approximate surface area is 141 Å². The molecule has 0 atom stereocenters. The lowest BCUT2D eigenvalue weighted by Gasteiger charge is -2.12. The Kier molecular flexibility index (Phi) is 5.98. The summed E-state index contributed by atoms with van der Waals surface area (Å²) >= 11 is 0. The molecular weight excluding hydrogens is 337 g/mol. The molecular formula is C15H17F3N6O. The van der Waals surface area contributed by atoms with Gasteiger partial charge in [-0.25, -0.2) is 13.2 Å². The van der Waals surface area contributed by atoms with E-state index in [1.165, 1.54) is 7.05 Å². The van der Waals surface area contributed by atoms with Gasteiger partial charge in [0.25, 0.3) is 0 Å². The van der Waals surface area contributed by atoms with Crippen molar-refractivity contribution in [2.45, 2.75) is 6.54 Å². The number of aryl methyl sites for hydroxylation is 1. The van der Waals surface area contributed by atoms with Crippen LogP contribution in [0.15, 0.2) is 29.4 Å². The summed E-state index contributed by atoms with van der Waals surface area (Å²) < 4.78 is 41.2. The maximum Gasteiger partial charge on any atom is 0.243 e. The van der Waals surface area contributed by atoms with Gasteiger partial charge in [-0.2, -0.15) is 5.10 Å². The third kappa shape index (κ3) is 4.72. The summed E-state index contributed by atoms with van der Waals surface area (Å²) in [6.07, 6.45) is 1.65. The highest BCUT2D eigenvalue weighted by atomic mass is 19.2. The summed E-state index contributed by atoms with van der Waals surface area (Å²) in [7, 11) is 3.31. The molecule has 2 rings (SSSR count). The highest BCUT2D eigenvalue weighted by Gasteiger charge is 2.15. The zero-order valence-electron chi connectivity index (χ0n) is 13.6. The van der Waals surface area contributed by atoms with E-state index in [0.29, 0.717) is 12.5 Å². The first-order valence-electron chi connectivity index (χ1n) is 7.27. The molecule has 0 fully saturated rings. The molecule has 3 N–H and O–H groups in total. The van der Waals surface area contributed by atoms with Crippen molar-refractivity contribution < 1.29 is 18.0 Å². The Bertz CT molecular complexity index is 790. The number of carbonyl (C=O) groups excluding carboxylic acids is 1. The van der Waals surface area contributed by atoms with Gasteiger partial charge in [-0.1, -0.05) is 0 Å². The van der Waals surface area contributed by atoms with Gasteiger partial charge in [0.15, 0.2) is 23.4 Å². The molecule has 0 unspecified atom stereocenters. The summed E-state index contributed by atoms with van der Waals surface area (Å²) in [6.45, 7) is 0.180. The predicted molar refractivity (Wildman–Crippen MR) is 86.4 cm³/mol. The molecule has 7 nitrogen and oxygen atoms in total. The van der Waals surface area contributed by atoms with Crippen LogP contribution in [0.2, 0.25) is 0 Å². The number of nitrogens with zero attached hydrogens (tertiary/aromatic N) is 3. The van der Waals surface area contributed by atoms with Gasteiger partial charge in [0.2, 0.25) is 5.91 Å². The molecule has 0 saturated heterocycles. The van der Waals surface area contributed by atoms with Gasteiger partial charge in [-0.3, -0.25) is 14.5 Å². The molecule has 1 amide bonds. The van der Waals surface area contributed by atoms with E-state index in [1.54, 1.807) is 17.9 Å². The second-order valence-electron chi connectivity index (χ2n) is 5.00. The van der Waals surface area contributed by atoms with Crippen molar-refractivity contribution in [2.75, 3.05) is 18.9 Å². The average molecular weight is 354 g/mol. The summed E-state index contributed by atoms with van der Waals surface area (Å²) in [5.41, 5.74) is 0.458. The molecule has 1 aromatic carbocycles. The first-order chi connectivity index (χ1) is 11.9. The molecule has 1 heterocycles. The number of amides is 1. The maximum atomic E-state index is 13.5. The van der Waals surface area contributed by atoms with Crippen LogP contribution < -0.4 is 16.0 Å². The summed E-state index contributed by atoms with van der Waals surface area (Å²) in [5, 5.41) is 11.9. The van der Waals surface area contributed by atoms with Gasteiger partial charge in [-0.15, -0.1) is 0 Å². The van der Waals surface area contributed by atoms with Crippen LogP contribution >= 0.6 is 0 Å². The topological polar surface area (TPSA) is 83.3 Å². The van der Waals surface area contributed by atoms with E-state index < -0.39 is 29.0 Å². The van der Waals surface area contributed by atoms with Crippen LogP contribution in [-0.2, 0) is 18.4 Å². The highest BCUT2D eigenvalue weighted by molar-refractivity contribution is 5.95. The van der Waals surface area contributed by atoms with Crippen molar-refractivity contribution in [2.24, 2.45) is 12.0 Å².